The zero-order valence-corrected chi connectivity index (χ0v) is 16.9. The number of hydrogen-bond acceptors (Lipinski definition) is 7. The molecule has 2 N–H and O–H groups in total. The van der Waals surface area contributed by atoms with Gasteiger partial charge < -0.3 is 14.0 Å². The topological polar surface area (TPSA) is 138 Å². The molecule has 1 aromatic heterocycles. The van der Waals surface area contributed by atoms with Gasteiger partial charge in [-0.15, -0.1) is 0 Å². The monoisotopic (exact) mass is 418 g/mol. The number of aliphatic hydroxyl groups is 1. The van der Waals surface area contributed by atoms with Crippen LogP contribution in [0.15, 0.2) is 45.9 Å². The summed E-state index contributed by atoms with van der Waals surface area (Å²) in [4.78, 5) is 32.5. The van der Waals surface area contributed by atoms with Gasteiger partial charge in [-0.25, -0.2) is 9.80 Å². The molecule has 0 radical (unpaired) electrons. The van der Waals surface area contributed by atoms with Crippen LogP contribution in [-0.4, -0.2) is 78.5 Å². The van der Waals surface area contributed by atoms with E-state index in [0.29, 0.717) is 17.1 Å². The summed E-state index contributed by atoms with van der Waals surface area (Å²) in [5.41, 5.74) is 0.663. The average molecular weight is 418 g/mol. The quantitative estimate of drug-likeness (QED) is 0.239. The lowest BCUT2D eigenvalue weighted by molar-refractivity contribution is -0.870. The number of aliphatic hydroxyl groups excluding tert-OH is 1. The molecule has 1 saturated heterocycles. The number of urea groups is 1. The lowest BCUT2D eigenvalue weighted by Crippen LogP contribution is -2.36. The van der Waals surface area contributed by atoms with Crippen molar-refractivity contribution in [3.05, 3.63) is 52.3 Å². The van der Waals surface area contributed by atoms with E-state index in [0.717, 1.165) is 16.0 Å². The number of rotatable bonds is 6. The molecule has 1 aromatic carbocycles. The van der Waals surface area contributed by atoms with Crippen LogP contribution in [0.1, 0.15) is 5.76 Å². The first-order valence-electron chi connectivity index (χ1n) is 9.00. The van der Waals surface area contributed by atoms with Gasteiger partial charge >= 0.3 is 6.03 Å². The number of furan rings is 1. The number of non-ortho nitro benzene ring substituents is 1. The van der Waals surface area contributed by atoms with E-state index in [9.17, 15) is 19.7 Å². The number of carbonyl (C=O) groups excluding carboxylic acids is 2. The summed E-state index contributed by atoms with van der Waals surface area (Å²) < 4.78 is 6.37. The van der Waals surface area contributed by atoms with Crippen LogP contribution in [0.5, 0.6) is 0 Å². The molecule has 0 saturated carbocycles. The summed E-state index contributed by atoms with van der Waals surface area (Å²) in [6, 6.07) is 8.63. The third-order valence-electron chi connectivity index (χ3n) is 3.86. The molecule has 0 atom stereocenters. The largest absolute Gasteiger partial charge is 0.455 e. The fourth-order valence-corrected chi connectivity index (χ4v) is 2.28. The van der Waals surface area contributed by atoms with Crippen molar-refractivity contribution in [2.45, 2.75) is 0 Å². The van der Waals surface area contributed by atoms with Gasteiger partial charge in [0.2, 0.25) is 5.91 Å². The number of nitro groups is 1. The van der Waals surface area contributed by atoms with Crippen molar-refractivity contribution in [2.75, 3.05) is 40.8 Å². The average Bonchev–Trinajstić information content (AvgIpc) is 3.25. The van der Waals surface area contributed by atoms with Crippen molar-refractivity contribution in [2.24, 2.45) is 5.10 Å². The second-order valence-electron chi connectivity index (χ2n) is 7.40. The van der Waals surface area contributed by atoms with Crippen LogP contribution in [0, 0.1) is 10.1 Å². The maximum atomic E-state index is 11.3. The van der Waals surface area contributed by atoms with Crippen molar-refractivity contribution in [3.63, 3.8) is 0 Å². The fraction of sp³-hybridized carbons (Fsp3) is 0.316. The molecule has 2 heterocycles. The van der Waals surface area contributed by atoms with E-state index >= 15 is 0 Å². The zero-order chi connectivity index (χ0) is 22.3. The predicted octanol–water partition coefficient (Wildman–Crippen LogP) is 1.43. The van der Waals surface area contributed by atoms with Gasteiger partial charge in [-0.3, -0.25) is 20.2 Å². The Hall–Kier alpha value is -3.57. The van der Waals surface area contributed by atoms with Crippen LogP contribution in [0.25, 0.3) is 11.3 Å². The highest BCUT2D eigenvalue weighted by Gasteiger charge is 2.26. The molecule has 11 nitrogen and oxygen atoms in total. The number of amides is 3. The van der Waals surface area contributed by atoms with E-state index in [4.69, 9.17) is 9.52 Å². The van der Waals surface area contributed by atoms with Gasteiger partial charge in [0.25, 0.3) is 5.69 Å². The minimum absolute atomic E-state index is 0.00759. The Morgan fingerprint density at radius 2 is 1.90 bits per heavy atom. The minimum atomic E-state index is -0.589. The molecule has 1 fully saturated rings. The van der Waals surface area contributed by atoms with Crippen LogP contribution in [0.2, 0.25) is 0 Å². The molecule has 0 bridgehead atoms. The second kappa shape index (κ2) is 9.76. The van der Waals surface area contributed by atoms with Crippen molar-refractivity contribution >= 4 is 23.8 Å². The number of quaternary nitrogens is 1. The smallest absolute Gasteiger partial charge is 0.344 e. The summed E-state index contributed by atoms with van der Waals surface area (Å²) in [6.07, 6.45) is 1.31. The van der Waals surface area contributed by atoms with E-state index in [1.807, 2.05) is 0 Å². The molecule has 3 amide bonds. The normalized spacial score (nSPS) is 13.9. The molecular formula is C19H24N5O6+. The van der Waals surface area contributed by atoms with Crippen LogP contribution in [0.4, 0.5) is 10.5 Å². The molecule has 0 spiro atoms. The summed E-state index contributed by atoms with van der Waals surface area (Å²) in [6.45, 7) is 0.981. The number of nitrogens with zero attached hydrogens (tertiary/aromatic N) is 4. The van der Waals surface area contributed by atoms with E-state index in [1.165, 1.54) is 18.3 Å². The first kappa shape index (κ1) is 22.7. The Morgan fingerprint density at radius 3 is 2.37 bits per heavy atom. The third-order valence-corrected chi connectivity index (χ3v) is 3.86. The second-order valence-corrected chi connectivity index (χ2v) is 7.40. The number of hydrogen-bond donors (Lipinski definition) is 2. The number of benzene rings is 1. The molecule has 0 aliphatic carbocycles. The lowest BCUT2D eigenvalue weighted by atomic mass is 10.1. The SMILES string of the molecule is C[N+](C)(C)CCO.O=C1CN(N=Cc2ccc(-c3ccc([N+](=O)[O-])cc3)o2)C(=O)N1. The van der Waals surface area contributed by atoms with Crippen molar-refractivity contribution in [3.8, 4) is 11.3 Å². The standard InChI is InChI=1S/C14H10N4O5.C5H14NO/c19-13-8-17(14(20)16-13)15-7-11-5-6-12(23-11)9-1-3-10(4-2-9)18(21)22;1-6(2,3)4-5-7/h1-7H,8H2,(H,16,19,20);7H,4-5H2,1-3H3/q;+1. The Balaban J connectivity index is 0.000000396. The number of nitro benzene ring substituents is 1. The molecule has 160 valence electrons. The van der Waals surface area contributed by atoms with Gasteiger partial charge in [-0.05, 0) is 24.3 Å². The molecule has 3 rings (SSSR count). The van der Waals surface area contributed by atoms with E-state index in [-0.39, 0.29) is 18.8 Å². The number of carbonyl (C=O) groups is 2. The van der Waals surface area contributed by atoms with E-state index in [2.05, 4.69) is 31.6 Å². The van der Waals surface area contributed by atoms with E-state index < -0.39 is 16.9 Å². The first-order chi connectivity index (χ1) is 14.1. The third kappa shape index (κ3) is 6.79. The Labute approximate surface area is 172 Å². The van der Waals surface area contributed by atoms with E-state index in [1.54, 1.807) is 24.3 Å². The fourth-order valence-electron chi connectivity index (χ4n) is 2.28. The van der Waals surface area contributed by atoms with Gasteiger partial charge in [0.1, 0.15) is 24.6 Å². The lowest BCUT2D eigenvalue weighted by Gasteiger charge is -2.21. The van der Waals surface area contributed by atoms with Gasteiger partial charge in [-0.2, -0.15) is 5.10 Å². The highest BCUT2D eigenvalue weighted by molar-refractivity contribution is 6.02. The van der Waals surface area contributed by atoms with Crippen LogP contribution < -0.4 is 5.32 Å². The van der Waals surface area contributed by atoms with Crippen LogP contribution >= 0.6 is 0 Å². The summed E-state index contributed by atoms with van der Waals surface area (Å²) >= 11 is 0. The molecule has 30 heavy (non-hydrogen) atoms. The Kier molecular flexibility index (Phi) is 7.39. The van der Waals surface area contributed by atoms with Crippen LogP contribution in [-0.2, 0) is 4.79 Å². The molecule has 0 unspecified atom stereocenters. The summed E-state index contributed by atoms with van der Waals surface area (Å²) in [7, 11) is 6.16. The van der Waals surface area contributed by atoms with Crippen molar-refractivity contribution in [1.29, 1.82) is 0 Å². The minimum Gasteiger partial charge on any atom is -0.455 e. The first-order valence-corrected chi connectivity index (χ1v) is 9.00. The predicted molar refractivity (Wildman–Crippen MR) is 109 cm³/mol. The molecule has 11 heteroatoms. The summed E-state index contributed by atoms with van der Waals surface area (Å²) in [5.74, 6) is 0.465. The van der Waals surface area contributed by atoms with Gasteiger partial charge in [0.15, 0.2) is 0 Å². The van der Waals surface area contributed by atoms with Gasteiger partial charge in [-0.1, -0.05) is 0 Å². The number of likely N-dealkylation sites (N-methyl/N-ethyl adjacent to an activating group) is 1. The number of imide groups is 1. The Bertz CT molecular complexity index is 930. The molecule has 2 aromatic rings. The molecule has 1 aliphatic rings. The molecule has 1 aliphatic heterocycles. The zero-order valence-electron chi connectivity index (χ0n) is 16.9. The highest BCUT2D eigenvalue weighted by Crippen LogP contribution is 2.24. The van der Waals surface area contributed by atoms with Crippen molar-refractivity contribution < 1.29 is 28.5 Å². The van der Waals surface area contributed by atoms with Gasteiger partial charge in [0.05, 0.1) is 38.9 Å². The maximum absolute atomic E-state index is 11.3. The van der Waals surface area contributed by atoms with Crippen molar-refractivity contribution in [1.82, 2.24) is 10.3 Å². The van der Waals surface area contributed by atoms with Gasteiger partial charge in [0, 0.05) is 17.7 Å². The number of nitrogens with one attached hydrogen (secondary N) is 1. The summed E-state index contributed by atoms with van der Waals surface area (Å²) in [5, 5.41) is 25.9. The highest BCUT2D eigenvalue weighted by atomic mass is 16.6. The Morgan fingerprint density at radius 1 is 1.23 bits per heavy atom. The number of hydrazone groups is 1. The van der Waals surface area contributed by atoms with Crippen LogP contribution in [0.3, 0.4) is 0 Å². The molecular weight excluding hydrogens is 394 g/mol. The maximum Gasteiger partial charge on any atom is 0.344 e.